The maximum atomic E-state index is 11.1. The number of aryl methyl sites for hydroxylation is 1. The van der Waals surface area contributed by atoms with Crippen LogP contribution in [0.15, 0.2) is 17.2 Å². The van der Waals surface area contributed by atoms with E-state index in [0.29, 0.717) is 5.65 Å². The molecule has 0 amide bonds. The quantitative estimate of drug-likeness (QED) is 0.562. The van der Waals surface area contributed by atoms with Gasteiger partial charge in [-0.05, 0) is 6.92 Å². The first-order valence-electron chi connectivity index (χ1n) is 3.17. The molecule has 0 spiro atoms. The fraction of sp³-hybridized carbons (Fsp3) is 0.167. The standard InChI is InChI=1S/C6H6N4O/c1-4-2-5-9-7-3-10(5)6(11)8-4/h2-3H,1H3,(H,8,11). The Morgan fingerprint density at radius 3 is 3.27 bits per heavy atom. The van der Waals surface area contributed by atoms with Crippen LogP contribution in [0.3, 0.4) is 0 Å². The van der Waals surface area contributed by atoms with Crippen molar-refractivity contribution < 1.29 is 0 Å². The lowest BCUT2D eigenvalue weighted by Gasteiger charge is -1.91. The summed E-state index contributed by atoms with van der Waals surface area (Å²) < 4.78 is 1.35. The van der Waals surface area contributed by atoms with Gasteiger partial charge >= 0.3 is 5.69 Å². The minimum absolute atomic E-state index is 0.204. The van der Waals surface area contributed by atoms with Gasteiger partial charge in [0.1, 0.15) is 6.33 Å². The summed E-state index contributed by atoms with van der Waals surface area (Å²) in [5.41, 5.74) is 1.16. The van der Waals surface area contributed by atoms with Crippen molar-refractivity contribution >= 4 is 5.65 Å². The van der Waals surface area contributed by atoms with Crippen LogP contribution < -0.4 is 5.69 Å². The number of nitrogens with zero attached hydrogens (tertiary/aromatic N) is 3. The van der Waals surface area contributed by atoms with Gasteiger partial charge in [-0.3, -0.25) is 0 Å². The van der Waals surface area contributed by atoms with Gasteiger partial charge in [0.05, 0.1) is 0 Å². The molecule has 0 saturated carbocycles. The minimum Gasteiger partial charge on any atom is -0.311 e. The highest BCUT2D eigenvalue weighted by molar-refractivity contribution is 5.35. The Morgan fingerprint density at radius 1 is 1.64 bits per heavy atom. The van der Waals surface area contributed by atoms with Gasteiger partial charge in [0, 0.05) is 11.8 Å². The average Bonchev–Trinajstić information content (AvgIpc) is 2.34. The van der Waals surface area contributed by atoms with Crippen LogP contribution in [-0.4, -0.2) is 19.6 Å². The molecule has 11 heavy (non-hydrogen) atoms. The lowest BCUT2D eigenvalue weighted by molar-refractivity contribution is 0.967. The molecule has 56 valence electrons. The summed E-state index contributed by atoms with van der Waals surface area (Å²) in [5, 5.41) is 7.33. The molecule has 2 aromatic rings. The molecular weight excluding hydrogens is 144 g/mol. The second-order valence-corrected chi connectivity index (χ2v) is 2.32. The molecule has 0 aliphatic rings. The highest BCUT2D eigenvalue weighted by atomic mass is 16.1. The Kier molecular flexibility index (Phi) is 1.06. The largest absolute Gasteiger partial charge is 0.332 e. The zero-order valence-electron chi connectivity index (χ0n) is 5.90. The van der Waals surface area contributed by atoms with Gasteiger partial charge in [0.25, 0.3) is 0 Å². The fourth-order valence-electron chi connectivity index (χ4n) is 0.957. The van der Waals surface area contributed by atoms with Gasteiger partial charge in [-0.2, -0.15) is 0 Å². The maximum Gasteiger partial charge on any atom is 0.332 e. The fourth-order valence-corrected chi connectivity index (χ4v) is 0.957. The number of fused-ring (bicyclic) bond motifs is 1. The maximum absolute atomic E-state index is 11.1. The summed E-state index contributed by atoms with van der Waals surface area (Å²) >= 11 is 0. The second-order valence-electron chi connectivity index (χ2n) is 2.32. The first kappa shape index (κ1) is 6.09. The number of hydrogen-bond donors (Lipinski definition) is 1. The van der Waals surface area contributed by atoms with Crippen molar-refractivity contribution in [3.63, 3.8) is 0 Å². The van der Waals surface area contributed by atoms with Crippen molar-refractivity contribution in [3.05, 3.63) is 28.6 Å². The smallest absolute Gasteiger partial charge is 0.311 e. The third kappa shape index (κ3) is 0.813. The van der Waals surface area contributed by atoms with Crippen LogP contribution in [-0.2, 0) is 0 Å². The predicted molar refractivity (Wildman–Crippen MR) is 38.3 cm³/mol. The molecule has 0 atom stereocenters. The highest BCUT2D eigenvalue weighted by Gasteiger charge is 1.97. The molecule has 5 heteroatoms. The Labute approximate surface area is 61.7 Å². The predicted octanol–water partition coefficient (Wildman–Crippen LogP) is -0.274. The van der Waals surface area contributed by atoms with Crippen molar-refractivity contribution in [3.8, 4) is 0 Å². The molecule has 2 rings (SSSR count). The summed E-state index contributed by atoms with van der Waals surface area (Å²) in [7, 11) is 0. The van der Waals surface area contributed by atoms with E-state index in [0.717, 1.165) is 5.69 Å². The van der Waals surface area contributed by atoms with Crippen molar-refractivity contribution in [2.24, 2.45) is 0 Å². The van der Waals surface area contributed by atoms with Gasteiger partial charge in [0.15, 0.2) is 5.65 Å². The molecule has 0 aliphatic carbocycles. The van der Waals surface area contributed by atoms with E-state index in [1.807, 2.05) is 0 Å². The molecule has 0 unspecified atom stereocenters. The monoisotopic (exact) mass is 150 g/mol. The third-order valence-corrected chi connectivity index (χ3v) is 1.44. The Balaban J connectivity index is 3.02. The highest BCUT2D eigenvalue weighted by Crippen LogP contribution is 1.93. The SMILES string of the molecule is Cc1cc2nncn2c(=O)[nH]1. The van der Waals surface area contributed by atoms with E-state index in [1.165, 1.54) is 10.7 Å². The minimum atomic E-state index is -0.204. The molecule has 2 aromatic heterocycles. The molecular formula is C6H6N4O. The van der Waals surface area contributed by atoms with Crippen molar-refractivity contribution in [2.45, 2.75) is 6.92 Å². The first-order valence-corrected chi connectivity index (χ1v) is 3.17. The summed E-state index contributed by atoms with van der Waals surface area (Å²) in [6.07, 6.45) is 1.38. The van der Waals surface area contributed by atoms with E-state index >= 15 is 0 Å². The lowest BCUT2D eigenvalue weighted by atomic mass is 10.4. The summed E-state index contributed by atoms with van der Waals surface area (Å²) in [5.74, 6) is 0. The number of hydrogen-bond acceptors (Lipinski definition) is 3. The van der Waals surface area contributed by atoms with Crippen LogP contribution in [0.4, 0.5) is 0 Å². The first-order chi connectivity index (χ1) is 5.27. The van der Waals surface area contributed by atoms with Crippen molar-refractivity contribution in [1.29, 1.82) is 0 Å². The van der Waals surface area contributed by atoms with E-state index in [2.05, 4.69) is 15.2 Å². The van der Waals surface area contributed by atoms with Gasteiger partial charge in [-0.1, -0.05) is 0 Å². The molecule has 0 aromatic carbocycles. The summed E-state index contributed by atoms with van der Waals surface area (Å²) in [6, 6.07) is 1.76. The van der Waals surface area contributed by atoms with E-state index in [4.69, 9.17) is 0 Å². The number of H-pyrrole nitrogens is 1. The van der Waals surface area contributed by atoms with E-state index in [9.17, 15) is 4.79 Å². The van der Waals surface area contributed by atoms with Gasteiger partial charge in [-0.15, -0.1) is 10.2 Å². The van der Waals surface area contributed by atoms with Crippen LogP contribution in [0.5, 0.6) is 0 Å². The van der Waals surface area contributed by atoms with E-state index < -0.39 is 0 Å². The molecule has 2 heterocycles. The number of rotatable bonds is 0. The Bertz CT molecular complexity index is 441. The molecule has 1 N–H and O–H groups in total. The molecule has 0 radical (unpaired) electrons. The molecule has 0 fully saturated rings. The third-order valence-electron chi connectivity index (χ3n) is 1.44. The zero-order chi connectivity index (χ0) is 7.84. The van der Waals surface area contributed by atoms with Gasteiger partial charge in [-0.25, -0.2) is 9.20 Å². The summed E-state index contributed by atoms with van der Waals surface area (Å²) in [4.78, 5) is 13.7. The van der Waals surface area contributed by atoms with Crippen LogP contribution in [0.2, 0.25) is 0 Å². The van der Waals surface area contributed by atoms with E-state index in [-0.39, 0.29) is 5.69 Å². The van der Waals surface area contributed by atoms with Crippen molar-refractivity contribution in [2.75, 3.05) is 0 Å². The molecule has 0 saturated heterocycles. The summed E-state index contributed by atoms with van der Waals surface area (Å²) in [6.45, 7) is 1.80. The van der Waals surface area contributed by atoms with E-state index in [1.54, 1.807) is 13.0 Å². The van der Waals surface area contributed by atoms with Crippen LogP contribution in [0.1, 0.15) is 5.69 Å². The second kappa shape index (κ2) is 1.91. The topological polar surface area (TPSA) is 63.1 Å². The molecule has 5 nitrogen and oxygen atoms in total. The average molecular weight is 150 g/mol. The van der Waals surface area contributed by atoms with Gasteiger partial charge < -0.3 is 4.98 Å². The molecule has 0 aliphatic heterocycles. The van der Waals surface area contributed by atoms with Crippen LogP contribution >= 0.6 is 0 Å². The normalized spacial score (nSPS) is 10.6. The number of aromatic amines is 1. The van der Waals surface area contributed by atoms with Crippen molar-refractivity contribution in [1.82, 2.24) is 19.6 Å². The molecule has 0 bridgehead atoms. The Morgan fingerprint density at radius 2 is 2.45 bits per heavy atom. The lowest BCUT2D eigenvalue weighted by Crippen LogP contribution is -2.15. The Hall–Kier alpha value is -1.65. The number of aromatic nitrogens is 4. The zero-order valence-corrected chi connectivity index (χ0v) is 5.90. The number of nitrogens with one attached hydrogen (secondary N) is 1. The van der Waals surface area contributed by atoms with Gasteiger partial charge in [0.2, 0.25) is 0 Å². The van der Waals surface area contributed by atoms with Crippen LogP contribution in [0.25, 0.3) is 5.65 Å². The van der Waals surface area contributed by atoms with Crippen LogP contribution in [0, 0.1) is 6.92 Å².